The monoisotopic (exact) mass is 358 g/mol. The van der Waals surface area contributed by atoms with Gasteiger partial charge in [0, 0.05) is 34.3 Å². The zero-order valence-electron chi connectivity index (χ0n) is 14.7. The van der Waals surface area contributed by atoms with Crippen LogP contribution in [0.4, 0.5) is 5.69 Å². The van der Waals surface area contributed by atoms with E-state index in [1.54, 1.807) is 18.5 Å². The van der Waals surface area contributed by atoms with Crippen LogP contribution >= 0.6 is 0 Å². The number of H-pyrrole nitrogens is 1. The first-order valence-corrected chi connectivity index (χ1v) is 8.96. The number of carbonyl (C=O) groups is 2. The minimum Gasteiger partial charge on any atom is -0.360 e. The maximum absolute atomic E-state index is 12.7. The average molecular weight is 358 g/mol. The number of hydrazone groups is 1. The van der Waals surface area contributed by atoms with Crippen LogP contribution in [0.25, 0.3) is 10.9 Å². The lowest BCUT2D eigenvalue weighted by molar-refractivity contribution is -0.117. The molecule has 2 amide bonds. The Kier molecular flexibility index (Phi) is 3.40. The van der Waals surface area contributed by atoms with E-state index < -0.39 is 0 Å². The van der Waals surface area contributed by atoms with Crippen molar-refractivity contribution >= 4 is 34.6 Å². The molecule has 1 saturated carbocycles. The fourth-order valence-electron chi connectivity index (χ4n) is 3.86. The molecule has 0 saturated heterocycles. The quantitative estimate of drug-likeness (QED) is 0.671. The molecular weight excluding hydrogens is 340 g/mol. The van der Waals surface area contributed by atoms with Crippen LogP contribution in [-0.4, -0.2) is 23.0 Å². The minimum absolute atomic E-state index is 0.00915. The van der Waals surface area contributed by atoms with Gasteiger partial charge in [-0.15, -0.1) is 0 Å². The Morgan fingerprint density at radius 2 is 2.15 bits per heavy atom. The molecule has 1 fully saturated rings. The Balaban J connectivity index is 1.40. The Hall–Kier alpha value is -3.41. The van der Waals surface area contributed by atoms with Gasteiger partial charge in [0.15, 0.2) is 0 Å². The third-order valence-electron chi connectivity index (χ3n) is 5.29. The van der Waals surface area contributed by atoms with E-state index in [-0.39, 0.29) is 23.7 Å². The zero-order valence-corrected chi connectivity index (χ0v) is 14.7. The summed E-state index contributed by atoms with van der Waals surface area (Å²) in [5.74, 6) is -0.0539. The summed E-state index contributed by atoms with van der Waals surface area (Å²) in [6, 6.07) is 11.9. The van der Waals surface area contributed by atoms with Gasteiger partial charge in [-0.3, -0.25) is 9.59 Å². The molecule has 3 aromatic rings. The van der Waals surface area contributed by atoms with Crippen molar-refractivity contribution in [2.24, 2.45) is 11.0 Å². The molecule has 1 aliphatic carbocycles. The Morgan fingerprint density at radius 1 is 1.26 bits per heavy atom. The van der Waals surface area contributed by atoms with E-state index in [4.69, 9.17) is 0 Å². The molecule has 6 heteroatoms. The normalized spacial score (nSPS) is 20.3. The smallest absolute Gasteiger partial charge is 0.272 e. The molecule has 27 heavy (non-hydrogen) atoms. The number of nitrogens with zero attached hydrogens (tertiary/aromatic N) is 1. The van der Waals surface area contributed by atoms with Crippen LogP contribution in [0.2, 0.25) is 0 Å². The first-order valence-electron chi connectivity index (χ1n) is 8.96. The summed E-state index contributed by atoms with van der Waals surface area (Å²) in [6.45, 7) is 2.06. The predicted molar refractivity (Wildman–Crippen MR) is 104 cm³/mol. The van der Waals surface area contributed by atoms with Crippen molar-refractivity contribution in [3.8, 4) is 0 Å². The molecule has 0 radical (unpaired) electrons. The Labute approximate surface area is 155 Å². The number of rotatable bonds is 3. The molecule has 6 nitrogen and oxygen atoms in total. The molecular formula is C21H18N4O2. The standard InChI is InChI=1S/C21H18N4O2/c1-11-3-2-4-12(5-11)15-8-16(15)20(26)24-14-6-17-19-13(9-22-18(19)7-14)10-23-25-21(17)27/h2-7,9-10,15-16,22H,8H2,1H3,(H,24,26)(H,25,27). The SMILES string of the molecule is Cc1cccc(C2CC2C(=O)Nc2cc3c4c(c[nH]c4c2)C=NNC3=O)c1. The molecule has 2 aromatic carbocycles. The fourth-order valence-corrected chi connectivity index (χ4v) is 3.86. The van der Waals surface area contributed by atoms with Crippen molar-refractivity contribution in [3.05, 3.63) is 64.8 Å². The average Bonchev–Trinajstić information content (AvgIpc) is 3.38. The van der Waals surface area contributed by atoms with Crippen molar-refractivity contribution in [1.29, 1.82) is 0 Å². The van der Waals surface area contributed by atoms with Crippen molar-refractivity contribution in [1.82, 2.24) is 10.4 Å². The third-order valence-corrected chi connectivity index (χ3v) is 5.29. The van der Waals surface area contributed by atoms with Gasteiger partial charge < -0.3 is 10.3 Å². The van der Waals surface area contributed by atoms with Gasteiger partial charge >= 0.3 is 0 Å². The highest BCUT2D eigenvalue weighted by atomic mass is 16.2. The number of amides is 2. The largest absolute Gasteiger partial charge is 0.360 e. The highest BCUT2D eigenvalue weighted by Gasteiger charge is 2.44. The second-order valence-electron chi connectivity index (χ2n) is 7.24. The van der Waals surface area contributed by atoms with Crippen molar-refractivity contribution in [3.63, 3.8) is 0 Å². The summed E-state index contributed by atoms with van der Waals surface area (Å²) in [5, 5.41) is 7.71. The van der Waals surface area contributed by atoms with Gasteiger partial charge in [0.2, 0.25) is 5.91 Å². The lowest BCUT2D eigenvalue weighted by atomic mass is 10.0. The molecule has 2 heterocycles. The fraction of sp³-hybridized carbons (Fsp3) is 0.190. The number of aryl methyl sites for hydroxylation is 1. The molecule has 2 atom stereocenters. The van der Waals surface area contributed by atoms with E-state index in [0.717, 1.165) is 22.9 Å². The molecule has 0 spiro atoms. The van der Waals surface area contributed by atoms with Crippen molar-refractivity contribution < 1.29 is 9.59 Å². The Morgan fingerprint density at radius 3 is 3.00 bits per heavy atom. The maximum atomic E-state index is 12.7. The van der Waals surface area contributed by atoms with Crippen LogP contribution in [0.5, 0.6) is 0 Å². The van der Waals surface area contributed by atoms with Gasteiger partial charge in [-0.2, -0.15) is 5.10 Å². The van der Waals surface area contributed by atoms with Gasteiger partial charge in [0.25, 0.3) is 5.91 Å². The van der Waals surface area contributed by atoms with Gasteiger partial charge in [-0.25, -0.2) is 5.43 Å². The van der Waals surface area contributed by atoms with E-state index in [1.165, 1.54) is 11.1 Å². The highest BCUT2D eigenvalue weighted by molar-refractivity contribution is 6.15. The summed E-state index contributed by atoms with van der Waals surface area (Å²) in [6.07, 6.45) is 4.27. The molecule has 2 aliphatic rings. The second-order valence-corrected chi connectivity index (χ2v) is 7.24. The van der Waals surface area contributed by atoms with Gasteiger partial charge in [-0.05, 0) is 37.0 Å². The Bertz CT molecular complexity index is 1130. The molecule has 0 bridgehead atoms. The number of hydrogen-bond acceptors (Lipinski definition) is 3. The zero-order chi connectivity index (χ0) is 18.5. The van der Waals surface area contributed by atoms with Crippen LogP contribution in [0.15, 0.2) is 47.7 Å². The molecule has 3 N–H and O–H groups in total. The summed E-state index contributed by atoms with van der Waals surface area (Å²) >= 11 is 0. The number of anilines is 1. The molecule has 5 rings (SSSR count). The lowest BCUT2D eigenvalue weighted by Gasteiger charge is -2.09. The second kappa shape index (κ2) is 5.81. The number of nitrogens with one attached hydrogen (secondary N) is 3. The van der Waals surface area contributed by atoms with Crippen molar-refractivity contribution in [2.75, 3.05) is 5.32 Å². The van der Waals surface area contributed by atoms with E-state index in [1.807, 2.05) is 12.1 Å². The predicted octanol–water partition coefficient (Wildman–Crippen LogP) is 3.30. The van der Waals surface area contributed by atoms with Crippen LogP contribution in [0, 0.1) is 12.8 Å². The van der Waals surface area contributed by atoms with Crippen LogP contribution < -0.4 is 10.7 Å². The lowest BCUT2D eigenvalue weighted by Crippen LogP contribution is -2.18. The van der Waals surface area contributed by atoms with Crippen LogP contribution in [0.3, 0.4) is 0 Å². The van der Waals surface area contributed by atoms with Crippen LogP contribution in [0.1, 0.15) is 39.4 Å². The summed E-state index contributed by atoms with van der Waals surface area (Å²) in [4.78, 5) is 28.1. The first kappa shape index (κ1) is 15.8. The number of carbonyl (C=O) groups excluding carboxylic acids is 2. The van der Waals surface area contributed by atoms with E-state index in [9.17, 15) is 9.59 Å². The number of aromatic amines is 1. The van der Waals surface area contributed by atoms with Crippen molar-refractivity contribution in [2.45, 2.75) is 19.3 Å². The number of aromatic nitrogens is 1. The summed E-state index contributed by atoms with van der Waals surface area (Å²) in [5.41, 5.74) is 7.67. The first-order chi connectivity index (χ1) is 13.1. The third kappa shape index (κ3) is 2.70. The number of hydrogen-bond donors (Lipinski definition) is 3. The van der Waals surface area contributed by atoms with Gasteiger partial charge in [0.1, 0.15) is 0 Å². The highest BCUT2D eigenvalue weighted by Crippen LogP contribution is 2.48. The summed E-state index contributed by atoms with van der Waals surface area (Å²) < 4.78 is 0. The van der Waals surface area contributed by atoms with Crippen LogP contribution in [-0.2, 0) is 4.79 Å². The molecule has 2 unspecified atom stereocenters. The van der Waals surface area contributed by atoms with E-state index >= 15 is 0 Å². The number of benzene rings is 2. The van der Waals surface area contributed by atoms with E-state index in [0.29, 0.717) is 11.3 Å². The maximum Gasteiger partial charge on any atom is 0.272 e. The minimum atomic E-state index is -0.283. The van der Waals surface area contributed by atoms with Gasteiger partial charge in [-0.1, -0.05) is 29.8 Å². The molecule has 134 valence electrons. The summed E-state index contributed by atoms with van der Waals surface area (Å²) in [7, 11) is 0. The topological polar surface area (TPSA) is 86.3 Å². The van der Waals surface area contributed by atoms with E-state index in [2.05, 4.69) is 46.0 Å². The molecule has 1 aromatic heterocycles. The molecule has 1 aliphatic heterocycles. The van der Waals surface area contributed by atoms with Gasteiger partial charge in [0.05, 0.1) is 11.8 Å².